The minimum absolute atomic E-state index is 0.179. The van der Waals surface area contributed by atoms with E-state index in [-0.39, 0.29) is 5.75 Å². The Morgan fingerprint density at radius 3 is 1.74 bits per heavy atom. The summed E-state index contributed by atoms with van der Waals surface area (Å²) in [5.41, 5.74) is 8.37. The first-order valence-corrected chi connectivity index (χ1v) is 20.2. The van der Waals surface area contributed by atoms with E-state index in [1.54, 1.807) is 12.1 Å². The van der Waals surface area contributed by atoms with Crippen LogP contribution in [0.3, 0.4) is 0 Å². The third-order valence-corrected chi connectivity index (χ3v) is 10.5. The summed E-state index contributed by atoms with van der Waals surface area (Å²) in [6.07, 6.45) is 0. The molecule has 0 aliphatic carbocycles. The van der Waals surface area contributed by atoms with Crippen LogP contribution >= 0.6 is 0 Å². The van der Waals surface area contributed by atoms with Gasteiger partial charge in [0, 0.05) is 51.4 Å². The normalized spacial score (nSPS) is 11.9. The number of benzene rings is 6. The monoisotopic (exact) mass is 773 g/mol. The molecule has 7 aromatic rings. The molecule has 0 fully saturated rings. The van der Waals surface area contributed by atoms with Crippen molar-refractivity contribution in [3.8, 4) is 28.5 Å². The summed E-state index contributed by atoms with van der Waals surface area (Å²) in [6, 6.07) is 51.2. The molecule has 0 spiro atoms. The van der Waals surface area contributed by atoms with Crippen molar-refractivity contribution < 1.29 is 19.3 Å². The van der Waals surface area contributed by atoms with Gasteiger partial charge in [0.25, 0.3) is 0 Å². The van der Waals surface area contributed by atoms with E-state index in [1.165, 1.54) is 22.3 Å². The third-order valence-electron chi connectivity index (χ3n) is 10.5. The summed E-state index contributed by atoms with van der Waals surface area (Å²) >= 11 is 0. The molecule has 296 valence electrons. The summed E-state index contributed by atoms with van der Waals surface area (Å²) in [7, 11) is 0. The number of phenols is 1. The summed E-state index contributed by atoms with van der Waals surface area (Å²) in [6.45, 7) is 8.63. The van der Waals surface area contributed by atoms with Crippen molar-refractivity contribution in [2.24, 2.45) is 0 Å². The number of rotatable bonds is 21. The minimum Gasteiger partial charge on any atom is -0.508 e. The topological polar surface area (TPSA) is 84.3 Å². The van der Waals surface area contributed by atoms with Crippen LogP contribution in [0.25, 0.3) is 22.2 Å². The first-order chi connectivity index (χ1) is 28.7. The van der Waals surface area contributed by atoms with E-state index >= 15 is 0 Å². The number of fused-ring (bicyclic) bond motifs is 2. The van der Waals surface area contributed by atoms with E-state index in [2.05, 4.69) is 117 Å². The maximum absolute atomic E-state index is 10.5. The highest BCUT2D eigenvalue weighted by molar-refractivity contribution is 6.04. The molecule has 9 nitrogen and oxygen atoms in total. The van der Waals surface area contributed by atoms with E-state index in [9.17, 15) is 5.11 Å². The molecule has 6 aromatic carbocycles. The van der Waals surface area contributed by atoms with Gasteiger partial charge in [-0.05, 0) is 52.6 Å². The standard InChI is InChI=1S/C49H51N5O4/c55-42-21-24-46-43(33-42)48-47-45(54(51-48)28-27-53(35-39-15-7-2-8-16-39)30-32-57-37-41-19-11-4-12-20-41)23-22-44(49(47)58-46)50-25-26-52(34-38-13-5-1-6-14-38)29-31-56-36-40-17-9-3-10-18-40/h1-24,33,50,55H,25-32,34-37H2. The lowest BCUT2D eigenvalue weighted by Gasteiger charge is -2.24. The molecule has 0 amide bonds. The molecule has 2 heterocycles. The van der Waals surface area contributed by atoms with Gasteiger partial charge in [0.1, 0.15) is 17.2 Å². The number of anilines is 1. The van der Waals surface area contributed by atoms with Gasteiger partial charge in [-0.15, -0.1) is 0 Å². The highest BCUT2D eigenvalue weighted by atomic mass is 16.5. The van der Waals surface area contributed by atoms with Crippen LogP contribution in [0.4, 0.5) is 5.69 Å². The quantitative estimate of drug-likeness (QED) is 0.0700. The summed E-state index contributed by atoms with van der Waals surface area (Å²) in [5.74, 6) is 1.61. The number of aromatic hydroxyl groups is 1. The van der Waals surface area contributed by atoms with Gasteiger partial charge >= 0.3 is 0 Å². The lowest BCUT2D eigenvalue weighted by atomic mass is 10.0. The second-order valence-corrected chi connectivity index (χ2v) is 14.7. The van der Waals surface area contributed by atoms with Gasteiger partial charge in [0.15, 0.2) is 5.75 Å². The van der Waals surface area contributed by atoms with E-state index in [1.807, 2.05) is 42.5 Å². The minimum atomic E-state index is 0.179. The molecule has 1 aliphatic rings. The zero-order chi connectivity index (χ0) is 39.4. The van der Waals surface area contributed by atoms with E-state index in [0.29, 0.717) is 45.3 Å². The number of phenolic OH excluding ortho intramolecular Hbond substituents is 1. The molecule has 0 saturated heterocycles. The molecular formula is C49H51N5O4. The smallest absolute Gasteiger partial charge is 0.162 e. The largest absolute Gasteiger partial charge is 0.508 e. The Bertz CT molecular complexity index is 2340. The SMILES string of the molecule is Oc1ccc2c(c1)-c1nn(CCN(CCOCc3ccccc3)Cc3ccccc3)c3ccc(NCCN(CCOCc4ccccc4)Cc4ccccc4)c(c13)O2. The van der Waals surface area contributed by atoms with Crippen LogP contribution in [-0.4, -0.2) is 70.6 Å². The molecule has 0 radical (unpaired) electrons. The van der Waals surface area contributed by atoms with Gasteiger partial charge in [0.05, 0.1) is 49.6 Å². The highest BCUT2D eigenvalue weighted by Crippen LogP contribution is 2.50. The van der Waals surface area contributed by atoms with Crippen LogP contribution in [0.2, 0.25) is 0 Å². The molecule has 1 aromatic heterocycles. The summed E-state index contributed by atoms with van der Waals surface area (Å²) < 4.78 is 20.9. The van der Waals surface area contributed by atoms with Crippen molar-refractivity contribution in [3.05, 3.63) is 174 Å². The van der Waals surface area contributed by atoms with E-state index < -0.39 is 0 Å². The van der Waals surface area contributed by atoms with Crippen LogP contribution < -0.4 is 10.1 Å². The Labute approximate surface area is 341 Å². The number of hydrogen-bond donors (Lipinski definition) is 2. The van der Waals surface area contributed by atoms with Gasteiger partial charge in [0.2, 0.25) is 0 Å². The van der Waals surface area contributed by atoms with Crippen molar-refractivity contribution >= 4 is 16.6 Å². The summed E-state index contributed by atoms with van der Waals surface area (Å²) in [5, 5.41) is 20.4. The fourth-order valence-corrected chi connectivity index (χ4v) is 7.47. The number of nitrogens with zero attached hydrogens (tertiary/aromatic N) is 4. The lowest BCUT2D eigenvalue weighted by molar-refractivity contribution is 0.0888. The molecular weight excluding hydrogens is 723 g/mol. The number of ether oxygens (including phenoxy) is 3. The Hall–Kier alpha value is -5.97. The van der Waals surface area contributed by atoms with Crippen LogP contribution in [0, 0.1) is 0 Å². The lowest BCUT2D eigenvalue weighted by Crippen LogP contribution is -2.32. The van der Waals surface area contributed by atoms with Crippen LogP contribution in [0.5, 0.6) is 17.2 Å². The molecule has 0 unspecified atom stereocenters. The second-order valence-electron chi connectivity index (χ2n) is 14.7. The molecule has 58 heavy (non-hydrogen) atoms. The van der Waals surface area contributed by atoms with Crippen molar-refractivity contribution in [1.82, 2.24) is 19.6 Å². The molecule has 9 heteroatoms. The number of nitrogens with one attached hydrogen (secondary N) is 1. The third kappa shape index (κ3) is 10.1. The van der Waals surface area contributed by atoms with Crippen LogP contribution in [0.15, 0.2) is 152 Å². The maximum Gasteiger partial charge on any atom is 0.162 e. The van der Waals surface area contributed by atoms with Crippen molar-refractivity contribution in [3.63, 3.8) is 0 Å². The fraction of sp³-hybridized carbons (Fsp3) is 0.245. The zero-order valence-electron chi connectivity index (χ0n) is 32.9. The second kappa shape index (κ2) is 19.5. The molecule has 1 aliphatic heterocycles. The Balaban J connectivity index is 0.976. The number of aromatic nitrogens is 2. The molecule has 0 saturated carbocycles. The number of hydrogen-bond acceptors (Lipinski definition) is 8. The van der Waals surface area contributed by atoms with E-state index in [0.717, 1.165) is 72.9 Å². The van der Waals surface area contributed by atoms with Crippen molar-refractivity contribution in [1.29, 1.82) is 0 Å². The van der Waals surface area contributed by atoms with E-state index in [4.69, 9.17) is 19.3 Å². The predicted molar refractivity (Wildman–Crippen MR) is 231 cm³/mol. The van der Waals surface area contributed by atoms with Crippen molar-refractivity contribution in [2.45, 2.75) is 32.8 Å². The van der Waals surface area contributed by atoms with Gasteiger partial charge in [-0.2, -0.15) is 5.10 Å². The van der Waals surface area contributed by atoms with Crippen LogP contribution in [0.1, 0.15) is 22.3 Å². The Morgan fingerprint density at radius 2 is 1.16 bits per heavy atom. The molecule has 0 atom stereocenters. The van der Waals surface area contributed by atoms with Crippen LogP contribution in [-0.2, 0) is 42.3 Å². The Morgan fingerprint density at radius 1 is 0.603 bits per heavy atom. The van der Waals surface area contributed by atoms with Gasteiger partial charge in [-0.3, -0.25) is 14.5 Å². The van der Waals surface area contributed by atoms with Gasteiger partial charge < -0.3 is 24.6 Å². The fourth-order valence-electron chi connectivity index (χ4n) is 7.47. The average Bonchev–Trinajstić information content (AvgIpc) is 3.64. The average molecular weight is 774 g/mol. The first kappa shape index (κ1) is 38.9. The first-order valence-electron chi connectivity index (χ1n) is 20.2. The van der Waals surface area contributed by atoms with Gasteiger partial charge in [-0.25, -0.2) is 0 Å². The van der Waals surface area contributed by atoms with Gasteiger partial charge in [-0.1, -0.05) is 121 Å². The Kier molecular flexibility index (Phi) is 13.0. The van der Waals surface area contributed by atoms with Crippen molar-refractivity contribution in [2.75, 3.05) is 51.3 Å². The summed E-state index contributed by atoms with van der Waals surface area (Å²) in [4.78, 5) is 4.85. The molecule has 8 rings (SSSR count). The zero-order valence-corrected chi connectivity index (χ0v) is 32.9. The molecule has 0 bridgehead atoms. The predicted octanol–water partition coefficient (Wildman–Crippen LogP) is 9.36. The highest BCUT2D eigenvalue weighted by Gasteiger charge is 2.28. The molecule has 2 N–H and O–H groups in total. The maximum atomic E-state index is 10.5.